The zero-order chi connectivity index (χ0) is 49.8. The van der Waals surface area contributed by atoms with Crippen molar-refractivity contribution < 1.29 is 0 Å². The van der Waals surface area contributed by atoms with Crippen molar-refractivity contribution >= 4 is 60.2 Å². The van der Waals surface area contributed by atoms with Crippen molar-refractivity contribution in [2.24, 2.45) is 0 Å². The van der Waals surface area contributed by atoms with Gasteiger partial charge in [0.1, 0.15) is 0 Å². The van der Waals surface area contributed by atoms with Crippen LogP contribution in [0.4, 0.5) is 17.1 Å². The highest BCUT2D eigenvalue weighted by atomic mass is 15.1. The lowest BCUT2D eigenvalue weighted by atomic mass is 9.78. The van der Waals surface area contributed by atoms with Crippen molar-refractivity contribution in [3.05, 3.63) is 260 Å². The number of para-hydroxylation sites is 2. The van der Waals surface area contributed by atoms with E-state index >= 15 is 0 Å². The van der Waals surface area contributed by atoms with Gasteiger partial charge in [-0.2, -0.15) is 0 Å². The minimum Gasteiger partial charge on any atom is -0.309 e. The third-order valence-corrected chi connectivity index (χ3v) is 15.0. The van der Waals surface area contributed by atoms with Crippen LogP contribution in [-0.4, -0.2) is 0 Å². The van der Waals surface area contributed by atoms with E-state index in [1.165, 1.54) is 98.7 Å². The first-order valence-corrected chi connectivity index (χ1v) is 25.7. The summed E-state index contributed by atoms with van der Waals surface area (Å²) in [6.07, 6.45) is 0. The van der Waals surface area contributed by atoms with Gasteiger partial charge in [-0.15, -0.1) is 0 Å². The summed E-state index contributed by atoms with van der Waals surface area (Å²) in [6.45, 7) is 14.0. The lowest BCUT2D eigenvalue weighted by Gasteiger charge is -2.31. The molecule has 12 aromatic carbocycles. The molecule has 0 N–H and O–H groups in total. The second kappa shape index (κ2) is 18.3. The summed E-state index contributed by atoms with van der Waals surface area (Å²) in [5, 5.41) is 9.95. The first-order chi connectivity index (χ1) is 35.5. The number of benzene rings is 12. The number of rotatable bonds is 8. The van der Waals surface area contributed by atoms with Crippen molar-refractivity contribution in [2.75, 3.05) is 4.90 Å². The summed E-state index contributed by atoms with van der Waals surface area (Å²) in [5.41, 5.74) is 17.9. The number of hydrogen-bond donors (Lipinski definition) is 0. The molecule has 0 aromatic heterocycles. The number of hydrogen-bond acceptors (Lipinski definition) is 1. The molecule has 0 saturated heterocycles. The third-order valence-electron chi connectivity index (χ3n) is 15.0. The zero-order valence-corrected chi connectivity index (χ0v) is 42.6. The van der Waals surface area contributed by atoms with Crippen LogP contribution in [0.5, 0.6) is 0 Å². The molecular weight excluding hydrogens is 879 g/mol. The molecule has 12 rings (SSSR count). The van der Waals surface area contributed by atoms with E-state index in [0.717, 1.165) is 28.2 Å². The minimum atomic E-state index is -0.0204. The van der Waals surface area contributed by atoms with Crippen LogP contribution in [-0.2, 0) is 10.8 Å². The Labute approximate surface area is 430 Å². The van der Waals surface area contributed by atoms with Gasteiger partial charge in [0.2, 0.25) is 0 Å². The van der Waals surface area contributed by atoms with Gasteiger partial charge in [-0.1, -0.05) is 266 Å². The van der Waals surface area contributed by atoms with Gasteiger partial charge in [0.25, 0.3) is 0 Å². The summed E-state index contributed by atoms with van der Waals surface area (Å²) in [6, 6.07) is 92.5. The standard InChI is InChI=1S/C72H59N/c1-71(2,3)54-45-53(46-55(47-54)72(4,5)6)60-33-17-25-52-27-19-36-66(70(52)60)64-30-13-15-38-68(64)73(56-42-39-50(40-43-56)58-31-20-34-61-57-28-11-10-23-49(57)41-44-62(58)61)67-37-14-12-29-63(67)65-35-18-26-51-24-16-32-59(69(51)65)48-21-8-7-9-22-48/h7-47H,1-6H3. The number of anilines is 3. The van der Waals surface area contributed by atoms with Crippen molar-refractivity contribution in [3.63, 3.8) is 0 Å². The maximum Gasteiger partial charge on any atom is 0.0540 e. The van der Waals surface area contributed by atoms with E-state index in [-0.39, 0.29) is 10.8 Å². The lowest BCUT2D eigenvalue weighted by Crippen LogP contribution is -2.16. The molecule has 12 aromatic rings. The highest BCUT2D eigenvalue weighted by Crippen LogP contribution is 2.49. The van der Waals surface area contributed by atoms with Crippen molar-refractivity contribution in [1.29, 1.82) is 0 Å². The fraction of sp³-hybridized carbons (Fsp3) is 0.111. The van der Waals surface area contributed by atoms with E-state index in [0.29, 0.717) is 0 Å². The average Bonchev–Trinajstić information content (AvgIpc) is 3.42. The minimum absolute atomic E-state index is 0.0204. The van der Waals surface area contributed by atoms with Crippen LogP contribution in [0, 0.1) is 0 Å². The first kappa shape index (κ1) is 45.6. The molecule has 0 heterocycles. The molecule has 0 aliphatic rings. The predicted octanol–water partition coefficient (Wildman–Crippen LogP) is 20.7. The predicted molar refractivity (Wildman–Crippen MR) is 316 cm³/mol. The van der Waals surface area contributed by atoms with Crippen LogP contribution < -0.4 is 4.90 Å². The maximum atomic E-state index is 2.51. The van der Waals surface area contributed by atoms with Crippen LogP contribution in [0.25, 0.3) is 98.7 Å². The van der Waals surface area contributed by atoms with E-state index in [1.807, 2.05) is 0 Å². The van der Waals surface area contributed by atoms with E-state index < -0.39 is 0 Å². The summed E-state index contributed by atoms with van der Waals surface area (Å²) in [7, 11) is 0. The average molecular weight is 938 g/mol. The van der Waals surface area contributed by atoms with E-state index in [4.69, 9.17) is 0 Å². The Balaban J connectivity index is 1.10. The Morgan fingerprint density at radius 1 is 0.260 bits per heavy atom. The normalized spacial score (nSPS) is 12.0. The Hall–Kier alpha value is -8.52. The Kier molecular flexibility index (Phi) is 11.4. The molecule has 0 fully saturated rings. The summed E-state index contributed by atoms with van der Waals surface area (Å²) in [4.78, 5) is 2.51. The Bertz CT molecular complexity index is 3990. The van der Waals surface area contributed by atoms with Crippen molar-refractivity contribution in [1.82, 2.24) is 0 Å². The number of fused-ring (bicyclic) bond motifs is 5. The SMILES string of the molecule is CC(C)(C)c1cc(-c2cccc3cccc(-c4ccccc4N(c4ccc(-c5cccc6c5ccc5ccccc56)cc4)c4ccccc4-c4cccc5cccc(-c6ccccc6)c45)c23)cc(C(C)(C)C)c1. The summed E-state index contributed by atoms with van der Waals surface area (Å²) >= 11 is 0. The fourth-order valence-corrected chi connectivity index (χ4v) is 11.2. The van der Waals surface area contributed by atoms with Gasteiger partial charge in [-0.25, -0.2) is 0 Å². The van der Waals surface area contributed by atoms with E-state index in [2.05, 4.69) is 295 Å². The van der Waals surface area contributed by atoms with Crippen LogP contribution >= 0.6 is 0 Å². The van der Waals surface area contributed by atoms with Gasteiger partial charge in [0.15, 0.2) is 0 Å². The van der Waals surface area contributed by atoms with Crippen LogP contribution in [0.3, 0.4) is 0 Å². The molecule has 0 aliphatic heterocycles. The Morgan fingerprint density at radius 2 is 0.685 bits per heavy atom. The Morgan fingerprint density at radius 3 is 1.26 bits per heavy atom. The quantitative estimate of drug-likeness (QED) is 0.137. The van der Waals surface area contributed by atoms with Crippen molar-refractivity contribution in [3.8, 4) is 55.6 Å². The van der Waals surface area contributed by atoms with E-state index in [9.17, 15) is 0 Å². The molecule has 0 saturated carbocycles. The lowest BCUT2D eigenvalue weighted by molar-refractivity contribution is 0.569. The maximum absolute atomic E-state index is 2.51. The fourth-order valence-electron chi connectivity index (χ4n) is 11.2. The molecule has 73 heavy (non-hydrogen) atoms. The summed E-state index contributed by atoms with van der Waals surface area (Å²) < 4.78 is 0. The number of nitrogens with zero attached hydrogens (tertiary/aromatic N) is 1. The van der Waals surface area contributed by atoms with Crippen LogP contribution in [0.2, 0.25) is 0 Å². The molecule has 352 valence electrons. The van der Waals surface area contributed by atoms with Crippen LogP contribution in [0.15, 0.2) is 249 Å². The molecule has 0 bridgehead atoms. The molecule has 0 atom stereocenters. The van der Waals surface area contributed by atoms with Gasteiger partial charge in [0, 0.05) is 16.8 Å². The van der Waals surface area contributed by atoms with Crippen molar-refractivity contribution in [2.45, 2.75) is 52.4 Å². The monoisotopic (exact) mass is 937 g/mol. The third kappa shape index (κ3) is 8.35. The van der Waals surface area contributed by atoms with Gasteiger partial charge < -0.3 is 4.90 Å². The topological polar surface area (TPSA) is 3.24 Å². The summed E-state index contributed by atoms with van der Waals surface area (Å²) in [5.74, 6) is 0. The molecule has 0 radical (unpaired) electrons. The second-order valence-corrected chi connectivity index (χ2v) is 21.7. The second-order valence-electron chi connectivity index (χ2n) is 21.7. The molecule has 1 heteroatoms. The molecule has 0 unspecified atom stereocenters. The molecule has 0 aliphatic carbocycles. The van der Waals surface area contributed by atoms with Gasteiger partial charge in [-0.3, -0.25) is 0 Å². The first-order valence-electron chi connectivity index (χ1n) is 25.7. The van der Waals surface area contributed by atoms with Gasteiger partial charge in [-0.05, 0) is 134 Å². The highest BCUT2D eigenvalue weighted by molar-refractivity contribution is 6.13. The molecule has 0 amide bonds. The highest BCUT2D eigenvalue weighted by Gasteiger charge is 2.25. The molecule has 1 nitrogen and oxygen atoms in total. The molecule has 0 spiro atoms. The van der Waals surface area contributed by atoms with Crippen LogP contribution in [0.1, 0.15) is 52.7 Å². The van der Waals surface area contributed by atoms with Gasteiger partial charge in [0.05, 0.1) is 11.4 Å². The molecular formula is C72H59N. The largest absolute Gasteiger partial charge is 0.309 e. The smallest absolute Gasteiger partial charge is 0.0540 e. The van der Waals surface area contributed by atoms with E-state index in [1.54, 1.807) is 0 Å². The van der Waals surface area contributed by atoms with Gasteiger partial charge >= 0.3 is 0 Å². The zero-order valence-electron chi connectivity index (χ0n) is 42.6.